The summed E-state index contributed by atoms with van der Waals surface area (Å²) in [6, 6.07) is 13.7. The maximum Gasteiger partial charge on any atom is 0.254 e. The van der Waals surface area contributed by atoms with Crippen LogP contribution in [0.15, 0.2) is 55.0 Å². The lowest BCUT2D eigenvalue weighted by molar-refractivity contribution is -0.135. The molecule has 0 bridgehead atoms. The van der Waals surface area contributed by atoms with Gasteiger partial charge in [0.05, 0.1) is 18.8 Å². The number of fused-ring (bicyclic) bond motifs is 1. The molecule has 7 nitrogen and oxygen atoms in total. The van der Waals surface area contributed by atoms with Crippen LogP contribution in [0.4, 0.5) is 0 Å². The number of nitrogens with one attached hydrogen (secondary N) is 1. The third-order valence-electron chi connectivity index (χ3n) is 5.66. The molecular formula is C23H26N4O3. The summed E-state index contributed by atoms with van der Waals surface area (Å²) in [7, 11) is 1.65. The van der Waals surface area contributed by atoms with Gasteiger partial charge in [0.25, 0.3) is 5.91 Å². The number of methoxy groups -OCH3 is 1. The third-order valence-corrected chi connectivity index (χ3v) is 5.66. The second kappa shape index (κ2) is 9.09. The number of aromatic nitrogens is 2. The molecule has 156 valence electrons. The highest BCUT2D eigenvalue weighted by Crippen LogP contribution is 2.22. The lowest BCUT2D eigenvalue weighted by Crippen LogP contribution is -2.57. The molecule has 2 amide bonds. The van der Waals surface area contributed by atoms with E-state index in [1.165, 1.54) is 0 Å². The van der Waals surface area contributed by atoms with Crippen LogP contribution in [0, 0.1) is 0 Å². The lowest BCUT2D eigenvalue weighted by Gasteiger charge is -2.41. The van der Waals surface area contributed by atoms with Crippen molar-refractivity contribution in [1.29, 1.82) is 0 Å². The molecule has 1 aromatic heterocycles. The number of piperazine rings is 1. The molecule has 0 spiro atoms. The van der Waals surface area contributed by atoms with Gasteiger partial charge in [0.15, 0.2) is 0 Å². The van der Waals surface area contributed by atoms with E-state index < -0.39 is 0 Å². The molecule has 1 saturated heterocycles. The van der Waals surface area contributed by atoms with E-state index in [1.54, 1.807) is 19.6 Å². The zero-order chi connectivity index (χ0) is 20.9. The van der Waals surface area contributed by atoms with Crippen LogP contribution in [0.25, 0.3) is 10.8 Å². The number of hydrogen-bond acceptors (Lipinski definition) is 4. The summed E-state index contributed by atoms with van der Waals surface area (Å²) < 4.78 is 5.26. The molecule has 4 rings (SSSR count). The van der Waals surface area contributed by atoms with Gasteiger partial charge < -0.3 is 19.5 Å². The Morgan fingerprint density at radius 1 is 1.17 bits per heavy atom. The van der Waals surface area contributed by atoms with E-state index in [9.17, 15) is 9.59 Å². The highest BCUT2D eigenvalue weighted by atomic mass is 16.5. The van der Waals surface area contributed by atoms with Gasteiger partial charge in [0, 0.05) is 50.8 Å². The number of rotatable bonds is 6. The number of aromatic amines is 1. The minimum Gasteiger partial charge on any atom is -0.385 e. The molecule has 0 radical (unpaired) electrons. The average molecular weight is 406 g/mol. The van der Waals surface area contributed by atoms with Crippen LogP contribution < -0.4 is 0 Å². The van der Waals surface area contributed by atoms with Gasteiger partial charge in [-0.1, -0.05) is 36.4 Å². The summed E-state index contributed by atoms with van der Waals surface area (Å²) in [5, 5.41) is 2.00. The van der Waals surface area contributed by atoms with Gasteiger partial charge in [-0.15, -0.1) is 0 Å². The van der Waals surface area contributed by atoms with E-state index in [-0.39, 0.29) is 24.3 Å². The second-order valence-corrected chi connectivity index (χ2v) is 7.55. The maximum absolute atomic E-state index is 13.3. The normalized spacial score (nSPS) is 16.8. The standard InChI is InChI=1S/C23H26N4O3/c1-30-12-9-19-15-26(10-11-27(19)22(28)13-18-14-24-16-25-18)23(29)21-8-4-6-17-5-2-3-7-20(17)21/h2-8,14,16,19H,9-13,15H2,1H3,(H,24,25)/t19-/m0/s1. The maximum atomic E-state index is 13.3. The fourth-order valence-corrected chi connectivity index (χ4v) is 4.10. The Morgan fingerprint density at radius 3 is 2.80 bits per heavy atom. The van der Waals surface area contributed by atoms with Gasteiger partial charge in [-0.3, -0.25) is 9.59 Å². The number of imidazole rings is 1. The first-order valence-electron chi connectivity index (χ1n) is 10.2. The van der Waals surface area contributed by atoms with Crippen molar-refractivity contribution in [2.45, 2.75) is 18.9 Å². The number of hydrogen-bond donors (Lipinski definition) is 1. The SMILES string of the molecule is COCC[C@H]1CN(C(=O)c2cccc3ccccc23)CCN1C(=O)Cc1cnc[nH]1. The van der Waals surface area contributed by atoms with Crippen LogP contribution in [-0.4, -0.2) is 71.0 Å². The lowest BCUT2D eigenvalue weighted by atomic mass is 10.0. The van der Waals surface area contributed by atoms with Gasteiger partial charge in [0.1, 0.15) is 0 Å². The number of ether oxygens (including phenoxy) is 1. The van der Waals surface area contributed by atoms with E-state index >= 15 is 0 Å². The smallest absolute Gasteiger partial charge is 0.254 e. The van der Waals surface area contributed by atoms with Crippen molar-refractivity contribution in [3.63, 3.8) is 0 Å². The van der Waals surface area contributed by atoms with Crippen LogP contribution in [0.2, 0.25) is 0 Å². The first-order valence-corrected chi connectivity index (χ1v) is 10.2. The summed E-state index contributed by atoms with van der Waals surface area (Å²) in [5.41, 5.74) is 1.50. The van der Waals surface area contributed by atoms with Crippen molar-refractivity contribution in [1.82, 2.24) is 19.8 Å². The minimum atomic E-state index is -0.0759. The number of nitrogens with zero attached hydrogens (tertiary/aromatic N) is 3. The Balaban J connectivity index is 1.52. The first-order chi connectivity index (χ1) is 14.7. The van der Waals surface area contributed by atoms with Crippen molar-refractivity contribution < 1.29 is 14.3 Å². The minimum absolute atomic E-state index is 0.00915. The Hall–Kier alpha value is -3.19. The Labute approximate surface area is 175 Å². The first kappa shape index (κ1) is 20.1. The largest absolute Gasteiger partial charge is 0.385 e. The van der Waals surface area contributed by atoms with Crippen molar-refractivity contribution in [3.05, 3.63) is 66.2 Å². The Bertz CT molecular complexity index is 1010. The summed E-state index contributed by atoms with van der Waals surface area (Å²) in [5.74, 6) is 0.0486. The van der Waals surface area contributed by atoms with Crippen molar-refractivity contribution in [3.8, 4) is 0 Å². The van der Waals surface area contributed by atoms with Crippen LogP contribution in [0.3, 0.4) is 0 Å². The number of amides is 2. The second-order valence-electron chi connectivity index (χ2n) is 7.55. The van der Waals surface area contributed by atoms with E-state index in [0.717, 1.165) is 16.5 Å². The topological polar surface area (TPSA) is 78.5 Å². The molecular weight excluding hydrogens is 380 g/mol. The van der Waals surface area contributed by atoms with Crippen molar-refractivity contribution >= 4 is 22.6 Å². The number of carbonyl (C=O) groups excluding carboxylic acids is 2. The molecule has 1 atom stereocenters. The highest BCUT2D eigenvalue weighted by molar-refractivity contribution is 6.07. The van der Waals surface area contributed by atoms with Crippen molar-refractivity contribution in [2.75, 3.05) is 33.4 Å². The fraction of sp³-hybridized carbons (Fsp3) is 0.348. The molecule has 0 aliphatic carbocycles. The zero-order valence-electron chi connectivity index (χ0n) is 17.1. The van der Waals surface area contributed by atoms with Gasteiger partial charge in [0.2, 0.25) is 5.91 Å². The monoisotopic (exact) mass is 406 g/mol. The van der Waals surface area contributed by atoms with E-state index in [0.29, 0.717) is 38.2 Å². The van der Waals surface area contributed by atoms with Crippen molar-refractivity contribution in [2.24, 2.45) is 0 Å². The molecule has 0 unspecified atom stereocenters. The van der Waals surface area contributed by atoms with Gasteiger partial charge in [-0.05, 0) is 23.3 Å². The summed E-state index contributed by atoms with van der Waals surface area (Å²) in [6.07, 6.45) is 4.21. The average Bonchev–Trinajstić information content (AvgIpc) is 3.29. The summed E-state index contributed by atoms with van der Waals surface area (Å²) >= 11 is 0. The summed E-state index contributed by atoms with van der Waals surface area (Å²) in [6.45, 7) is 2.06. The molecule has 1 aliphatic heterocycles. The Morgan fingerprint density at radius 2 is 2.00 bits per heavy atom. The highest BCUT2D eigenvalue weighted by Gasteiger charge is 2.33. The molecule has 1 aliphatic rings. The van der Waals surface area contributed by atoms with Gasteiger partial charge in [-0.2, -0.15) is 0 Å². The van der Waals surface area contributed by atoms with E-state index in [1.807, 2.05) is 52.3 Å². The molecule has 2 heterocycles. The van der Waals surface area contributed by atoms with Crippen LogP contribution >= 0.6 is 0 Å². The molecule has 30 heavy (non-hydrogen) atoms. The number of benzene rings is 2. The van der Waals surface area contributed by atoms with Crippen LogP contribution in [0.5, 0.6) is 0 Å². The molecule has 1 fully saturated rings. The van der Waals surface area contributed by atoms with Crippen LogP contribution in [0.1, 0.15) is 22.5 Å². The predicted octanol–water partition coefficient (Wildman–Crippen LogP) is 2.50. The number of carbonyl (C=O) groups is 2. The molecule has 0 saturated carbocycles. The zero-order valence-corrected chi connectivity index (χ0v) is 17.1. The number of H-pyrrole nitrogens is 1. The molecule has 3 aromatic rings. The summed E-state index contributed by atoms with van der Waals surface area (Å²) in [4.78, 5) is 36.9. The Kier molecular flexibility index (Phi) is 6.09. The quantitative estimate of drug-likeness (QED) is 0.682. The van der Waals surface area contributed by atoms with E-state index in [2.05, 4.69) is 9.97 Å². The third kappa shape index (κ3) is 4.21. The van der Waals surface area contributed by atoms with E-state index in [4.69, 9.17) is 4.74 Å². The molecule has 7 heteroatoms. The fourth-order valence-electron chi connectivity index (χ4n) is 4.10. The molecule has 2 aromatic carbocycles. The van der Waals surface area contributed by atoms with Gasteiger partial charge >= 0.3 is 0 Å². The van der Waals surface area contributed by atoms with Crippen LogP contribution in [-0.2, 0) is 16.0 Å². The van der Waals surface area contributed by atoms with Gasteiger partial charge in [-0.25, -0.2) is 4.98 Å². The predicted molar refractivity (Wildman–Crippen MR) is 114 cm³/mol. The molecule has 1 N–H and O–H groups in total.